The predicted molar refractivity (Wildman–Crippen MR) is 105 cm³/mol. The van der Waals surface area contributed by atoms with Gasteiger partial charge in [0.15, 0.2) is 4.34 Å². The minimum Gasteiger partial charge on any atom is -0.342 e. The van der Waals surface area contributed by atoms with E-state index in [0.717, 1.165) is 47.0 Å². The Kier molecular flexibility index (Phi) is 5.96. The summed E-state index contributed by atoms with van der Waals surface area (Å²) in [7, 11) is 0. The molecule has 0 saturated carbocycles. The summed E-state index contributed by atoms with van der Waals surface area (Å²) in [5.41, 5.74) is 3.50. The van der Waals surface area contributed by atoms with Crippen molar-refractivity contribution in [2.75, 3.05) is 24.2 Å². The van der Waals surface area contributed by atoms with Crippen LogP contribution in [-0.4, -0.2) is 39.8 Å². The first-order valence-electron chi connectivity index (χ1n) is 8.60. The molecule has 25 heavy (non-hydrogen) atoms. The maximum atomic E-state index is 12.3. The summed E-state index contributed by atoms with van der Waals surface area (Å²) >= 11 is 2.97. The number of aromatic nitrogens is 2. The number of likely N-dealkylation sites (tertiary alicyclic amines) is 1. The molecule has 1 aromatic heterocycles. The smallest absolute Gasteiger partial charge is 0.233 e. The molecule has 2 heterocycles. The van der Waals surface area contributed by atoms with E-state index in [2.05, 4.69) is 42.4 Å². The Morgan fingerprint density at radius 1 is 1.32 bits per heavy atom. The van der Waals surface area contributed by atoms with Gasteiger partial charge in [-0.15, -0.1) is 10.2 Å². The van der Waals surface area contributed by atoms with Gasteiger partial charge in [-0.25, -0.2) is 0 Å². The molecule has 1 aliphatic heterocycles. The highest BCUT2D eigenvalue weighted by atomic mass is 32.2. The van der Waals surface area contributed by atoms with Crippen LogP contribution in [0.25, 0.3) is 0 Å². The van der Waals surface area contributed by atoms with Crippen LogP contribution in [0.5, 0.6) is 0 Å². The minimum atomic E-state index is 0.205. The zero-order valence-electron chi connectivity index (χ0n) is 14.9. The van der Waals surface area contributed by atoms with E-state index in [4.69, 9.17) is 0 Å². The van der Waals surface area contributed by atoms with Crippen LogP contribution >= 0.6 is 23.1 Å². The van der Waals surface area contributed by atoms with Crippen LogP contribution < -0.4 is 5.32 Å². The molecule has 5 nitrogen and oxygen atoms in total. The molecule has 1 aromatic carbocycles. The molecule has 134 valence electrons. The largest absolute Gasteiger partial charge is 0.342 e. The number of carbonyl (C=O) groups excluding carboxylic acids is 1. The summed E-state index contributed by atoms with van der Waals surface area (Å²) in [6.45, 7) is 8.20. The third-order valence-corrected chi connectivity index (χ3v) is 6.66. The summed E-state index contributed by atoms with van der Waals surface area (Å²) in [4.78, 5) is 14.3. The number of carbonyl (C=O) groups is 1. The second-order valence-electron chi connectivity index (χ2n) is 6.60. The van der Waals surface area contributed by atoms with Gasteiger partial charge in [0.05, 0.1) is 5.75 Å². The predicted octanol–water partition coefficient (Wildman–Crippen LogP) is 4.25. The van der Waals surface area contributed by atoms with Gasteiger partial charge in [0, 0.05) is 18.8 Å². The van der Waals surface area contributed by atoms with Gasteiger partial charge in [-0.2, -0.15) is 0 Å². The summed E-state index contributed by atoms with van der Waals surface area (Å²) in [5.74, 6) is 1.38. The van der Waals surface area contributed by atoms with Gasteiger partial charge in [-0.1, -0.05) is 42.2 Å². The first kappa shape index (κ1) is 18.2. The lowest BCUT2D eigenvalue weighted by molar-refractivity contribution is -0.129. The standard InChI is InChI=1S/C18H24N4OS2/c1-12-7-9-22(10-8-12)16(23)11-24-18-21-20-17(25-18)19-15-6-4-5-13(2)14(15)3/h4-6,12H,7-11H2,1-3H3,(H,19,20). The highest BCUT2D eigenvalue weighted by Gasteiger charge is 2.20. The number of nitrogens with zero attached hydrogens (tertiary/aromatic N) is 3. The van der Waals surface area contributed by atoms with Crippen LogP contribution in [0.3, 0.4) is 0 Å². The van der Waals surface area contributed by atoms with E-state index in [9.17, 15) is 4.79 Å². The van der Waals surface area contributed by atoms with Crippen molar-refractivity contribution >= 4 is 39.8 Å². The zero-order chi connectivity index (χ0) is 17.8. The fourth-order valence-corrected chi connectivity index (χ4v) is 4.46. The number of rotatable bonds is 5. The fraction of sp³-hybridized carbons (Fsp3) is 0.500. The highest BCUT2D eigenvalue weighted by molar-refractivity contribution is 8.01. The number of amides is 1. The third kappa shape index (κ3) is 4.73. The first-order chi connectivity index (χ1) is 12.0. The maximum Gasteiger partial charge on any atom is 0.233 e. The fourth-order valence-electron chi connectivity index (χ4n) is 2.79. The summed E-state index contributed by atoms with van der Waals surface area (Å²) < 4.78 is 0.825. The van der Waals surface area contributed by atoms with Crippen molar-refractivity contribution in [3.05, 3.63) is 29.3 Å². The van der Waals surface area contributed by atoms with Crippen molar-refractivity contribution < 1.29 is 4.79 Å². The average Bonchev–Trinajstić information content (AvgIpc) is 3.05. The van der Waals surface area contributed by atoms with Crippen LogP contribution in [-0.2, 0) is 4.79 Å². The molecule has 0 aliphatic carbocycles. The molecule has 2 aromatic rings. The van der Waals surface area contributed by atoms with Crippen LogP contribution in [0.15, 0.2) is 22.5 Å². The van der Waals surface area contributed by atoms with Crippen LogP contribution in [0.2, 0.25) is 0 Å². The van der Waals surface area contributed by atoms with Crippen LogP contribution in [0.1, 0.15) is 30.9 Å². The quantitative estimate of drug-likeness (QED) is 0.791. The Hall–Kier alpha value is -1.60. The molecule has 1 amide bonds. The molecule has 0 atom stereocenters. The Bertz CT molecular complexity index is 738. The van der Waals surface area contributed by atoms with E-state index in [1.807, 2.05) is 17.0 Å². The summed E-state index contributed by atoms with van der Waals surface area (Å²) in [6.07, 6.45) is 2.22. The monoisotopic (exact) mass is 376 g/mol. The van der Waals surface area contributed by atoms with Crippen molar-refractivity contribution in [3.8, 4) is 0 Å². The Morgan fingerprint density at radius 3 is 2.84 bits per heavy atom. The van der Waals surface area contributed by atoms with E-state index in [1.54, 1.807) is 0 Å². The lowest BCUT2D eigenvalue weighted by Crippen LogP contribution is -2.38. The van der Waals surface area contributed by atoms with Crippen molar-refractivity contribution in [3.63, 3.8) is 0 Å². The van der Waals surface area contributed by atoms with Gasteiger partial charge in [-0.3, -0.25) is 4.79 Å². The SMILES string of the molecule is Cc1cccc(Nc2nnc(SCC(=O)N3CCC(C)CC3)s2)c1C. The molecule has 1 saturated heterocycles. The Balaban J connectivity index is 1.53. The van der Waals surface area contributed by atoms with Gasteiger partial charge in [-0.05, 0) is 49.8 Å². The number of nitrogens with one attached hydrogen (secondary N) is 1. The molecule has 1 aliphatic rings. The minimum absolute atomic E-state index is 0.205. The first-order valence-corrected chi connectivity index (χ1v) is 10.4. The van der Waals surface area contributed by atoms with Gasteiger partial charge >= 0.3 is 0 Å². The van der Waals surface area contributed by atoms with Crippen LogP contribution in [0.4, 0.5) is 10.8 Å². The topological polar surface area (TPSA) is 58.1 Å². The lowest BCUT2D eigenvalue weighted by Gasteiger charge is -2.30. The van der Waals surface area contributed by atoms with E-state index in [-0.39, 0.29) is 5.91 Å². The number of piperidine rings is 1. The van der Waals surface area contributed by atoms with Crippen molar-refractivity contribution in [1.82, 2.24) is 15.1 Å². The summed E-state index contributed by atoms with van der Waals surface area (Å²) in [5, 5.41) is 12.5. The number of benzene rings is 1. The molecule has 0 bridgehead atoms. The maximum absolute atomic E-state index is 12.3. The average molecular weight is 377 g/mol. The van der Waals surface area contributed by atoms with Gasteiger partial charge in [0.2, 0.25) is 11.0 Å². The lowest BCUT2D eigenvalue weighted by atomic mass is 9.99. The van der Waals surface area contributed by atoms with Gasteiger partial charge < -0.3 is 10.2 Å². The van der Waals surface area contributed by atoms with Crippen molar-refractivity contribution in [2.24, 2.45) is 5.92 Å². The number of thioether (sulfide) groups is 1. The third-order valence-electron chi connectivity index (χ3n) is 4.71. The molecule has 3 rings (SSSR count). The second kappa shape index (κ2) is 8.19. The number of hydrogen-bond acceptors (Lipinski definition) is 6. The van der Waals surface area contributed by atoms with E-state index in [1.165, 1.54) is 34.2 Å². The van der Waals surface area contributed by atoms with E-state index in [0.29, 0.717) is 5.75 Å². The second-order valence-corrected chi connectivity index (χ2v) is 8.80. The molecular formula is C18H24N4OS2. The molecule has 0 radical (unpaired) electrons. The molecule has 7 heteroatoms. The molecule has 0 unspecified atom stereocenters. The normalized spacial score (nSPS) is 15.4. The van der Waals surface area contributed by atoms with Gasteiger partial charge in [0.25, 0.3) is 0 Å². The molecular weight excluding hydrogens is 352 g/mol. The number of hydrogen-bond donors (Lipinski definition) is 1. The highest BCUT2D eigenvalue weighted by Crippen LogP contribution is 2.29. The van der Waals surface area contributed by atoms with Crippen LogP contribution in [0, 0.1) is 19.8 Å². The Morgan fingerprint density at radius 2 is 2.08 bits per heavy atom. The van der Waals surface area contributed by atoms with E-state index < -0.39 is 0 Å². The number of aryl methyl sites for hydroxylation is 1. The Labute approximate surface area is 157 Å². The van der Waals surface area contributed by atoms with Gasteiger partial charge in [0.1, 0.15) is 0 Å². The summed E-state index contributed by atoms with van der Waals surface area (Å²) in [6, 6.07) is 6.16. The zero-order valence-corrected chi connectivity index (χ0v) is 16.5. The molecule has 1 N–H and O–H groups in total. The number of anilines is 2. The van der Waals surface area contributed by atoms with E-state index >= 15 is 0 Å². The molecule has 1 fully saturated rings. The van der Waals surface area contributed by atoms with Crippen molar-refractivity contribution in [2.45, 2.75) is 38.0 Å². The molecule has 0 spiro atoms. The van der Waals surface area contributed by atoms with Crippen molar-refractivity contribution in [1.29, 1.82) is 0 Å².